The summed E-state index contributed by atoms with van der Waals surface area (Å²) in [6.45, 7) is 2.79. The molecule has 3 saturated heterocycles. The predicted molar refractivity (Wildman–Crippen MR) is 114 cm³/mol. The highest BCUT2D eigenvalue weighted by molar-refractivity contribution is 5.68. The number of benzene rings is 1. The van der Waals surface area contributed by atoms with Gasteiger partial charge in [0.15, 0.2) is 0 Å². The van der Waals surface area contributed by atoms with Gasteiger partial charge in [0.25, 0.3) is 6.10 Å². The molecule has 1 aromatic rings. The van der Waals surface area contributed by atoms with Crippen LogP contribution in [0.15, 0.2) is 18.2 Å². The van der Waals surface area contributed by atoms with Crippen molar-refractivity contribution in [3.8, 4) is 0 Å². The number of anilines is 1. The Morgan fingerprint density at radius 3 is 1.97 bits per heavy atom. The molecule has 3 aliphatic heterocycles. The molecule has 0 unspecified atom stereocenters. The van der Waals surface area contributed by atoms with Gasteiger partial charge in [-0.3, -0.25) is 4.90 Å². The highest BCUT2D eigenvalue weighted by Gasteiger charge is 2.60. The largest absolute Gasteiger partial charge is 0.434 e. The number of hydrogen-bond acceptors (Lipinski definition) is 4. The molecule has 0 bridgehead atoms. The van der Waals surface area contributed by atoms with E-state index in [-0.39, 0.29) is 18.5 Å². The van der Waals surface area contributed by atoms with Crippen LogP contribution in [-0.2, 0) is 17.5 Å². The summed E-state index contributed by atoms with van der Waals surface area (Å²) in [5.41, 5.74) is 0.339. The number of ether oxygens (including phenoxy) is 1. The molecule has 0 aliphatic carbocycles. The first kappa shape index (κ1) is 27.6. The van der Waals surface area contributed by atoms with Crippen LogP contribution in [0, 0.1) is 5.41 Å². The molecule has 0 N–H and O–H groups in total. The van der Waals surface area contributed by atoms with Crippen LogP contribution in [-0.4, -0.2) is 73.6 Å². The van der Waals surface area contributed by atoms with Crippen LogP contribution in [0.5, 0.6) is 0 Å². The Labute approximate surface area is 207 Å². The summed E-state index contributed by atoms with van der Waals surface area (Å²) in [6.07, 6.45) is -19.3. The second-order valence-electron chi connectivity index (χ2n) is 10.0. The lowest BCUT2D eigenvalue weighted by Gasteiger charge is -2.54. The van der Waals surface area contributed by atoms with Gasteiger partial charge in [-0.1, -0.05) is 6.07 Å². The first-order valence-corrected chi connectivity index (χ1v) is 11.8. The average molecular weight is 547 g/mol. The van der Waals surface area contributed by atoms with Gasteiger partial charge < -0.3 is 14.5 Å². The molecule has 208 valence electrons. The van der Waals surface area contributed by atoms with Crippen molar-refractivity contribution < 1.29 is 49.0 Å². The SMILES string of the molecule is O=C(OC(C(F)(F)F)C(F)(F)F)N1CCC2(CC1)CN(Cc1ccc(C(F)(F)F)cc1N1CCCC1)C2. The van der Waals surface area contributed by atoms with Crippen LogP contribution in [0.1, 0.15) is 36.8 Å². The van der Waals surface area contributed by atoms with Gasteiger partial charge in [-0.05, 0) is 48.8 Å². The van der Waals surface area contributed by atoms with Crippen LogP contribution in [0.25, 0.3) is 0 Å². The van der Waals surface area contributed by atoms with E-state index in [0.29, 0.717) is 51.3 Å². The fraction of sp³-hybridized carbons (Fsp3) is 0.696. The number of carbonyl (C=O) groups excluding carboxylic acids is 1. The first-order chi connectivity index (χ1) is 17.1. The lowest BCUT2D eigenvalue weighted by molar-refractivity contribution is -0.308. The van der Waals surface area contributed by atoms with Crippen LogP contribution in [0.4, 0.5) is 50.0 Å². The summed E-state index contributed by atoms with van der Waals surface area (Å²) in [7, 11) is 0. The third-order valence-corrected chi connectivity index (χ3v) is 7.27. The van der Waals surface area contributed by atoms with Crippen molar-refractivity contribution in [1.82, 2.24) is 9.80 Å². The lowest BCUT2D eigenvalue weighted by atomic mass is 9.72. The average Bonchev–Trinajstić information content (AvgIpc) is 3.29. The van der Waals surface area contributed by atoms with Gasteiger partial charge in [0.1, 0.15) is 0 Å². The molecule has 0 saturated carbocycles. The van der Waals surface area contributed by atoms with Crippen LogP contribution < -0.4 is 4.90 Å². The zero-order valence-electron chi connectivity index (χ0n) is 19.6. The van der Waals surface area contributed by atoms with Crippen molar-refractivity contribution >= 4 is 11.8 Å². The summed E-state index contributed by atoms with van der Waals surface area (Å²) >= 11 is 0. The quantitative estimate of drug-likeness (QED) is 0.445. The third kappa shape index (κ3) is 6.20. The zero-order valence-corrected chi connectivity index (χ0v) is 19.6. The van der Waals surface area contributed by atoms with Gasteiger partial charge in [-0.15, -0.1) is 0 Å². The van der Waals surface area contributed by atoms with Gasteiger partial charge >= 0.3 is 24.6 Å². The molecule has 5 nitrogen and oxygen atoms in total. The molecule has 14 heteroatoms. The van der Waals surface area contributed by atoms with E-state index in [1.54, 1.807) is 0 Å². The van der Waals surface area contributed by atoms with Crippen molar-refractivity contribution in [2.45, 2.75) is 56.9 Å². The number of rotatable bonds is 4. The van der Waals surface area contributed by atoms with Crippen LogP contribution in [0.3, 0.4) is 0 Å². The van der Waals surface area contributed by atoms with Crippen molar-refractivity contribution in [3.05, 3.63) is 29.3 Å². The Balaban J connectivity index is 1.33. The third-order valence-electron chi connectivity index (χ3n) is 7.27. The van der Waals surface area contributed by atoms with Crippen molar-refractivity contribution in [1.29, 1.82) is 0 Å². The van der Waals surface area contributed by atoms with E-state index in [9.17, 15) is 44.3 Å². The molecular formula is C23H26F9N3O2. The Hall–Kier alpha value is -2.38. The van der Waals surface area contributed by atoms with E-state index in [1.165, 1.54) is 12.1 Å². The summed E-state index contributed by atoms with van der Waals surface area (Å²) in [4.78, 5) is 16.8. The summed E-state index contributed by atoms with van der Waals surface area (Å²) in [5.74, 6) is 0. The van der Waals surface area contributed by atoms with E-state index >= 15 is 0 Å². The number of halogens is 9. The first-order valence-electron chi connectivity index (χ1n) is 11.8. The van der Waals surface area contributed by atoms with Crippen molar-refractivity contribution in [2.24, 2.45) is 5.41 Å². The maximum absolute atomic E-state index is 13.3. The Morgan fingerprint density at radius 1 is 0.892 bits per heavy atom. The highest BCUT2D eigenvalue weighted by atomic mass is 19.4. The number of nitrogens with zero attached hydrogens (tertiary/aromatic N) is 3. The normalized spacial score (nSPS) is 21.0. The topological polar surface area (TPSA) is 36.0 Å². The van der Waals surface area contributed by atoms with Crippen LogP contribution >= 0.6 is 0 Å². The molecule has 3 fully saturated rings. The molecule has 0 radical (unpaired) electrons. The molecule has 1 aromatic carbocycles. The fourth-order valence-electron chi connectivity index (χ4n) is 5.36. The zero-order chi connectivity index (χ0) is 27.2. The second kappa shape index (κ2) is 9.73. The van der Waals surface area contributed by atoms with E-state index in [4.69, 9.17) is 0 Å². The molecule has 4 rings (SSSR count). The Morgan fingerprint density at radius 2 is 1.46 bits per heavy atom. The molecule has 1 spiro atoms. The molecule has 3 heterocycles. The second-order valence-corrected chi connectivity index (χ2v) is 10.0. The van der Waals surface area contributed by atoms with E-state index in [0.717, 1.165) is 29.4 Å². The summed E-state index contributed by atoms with van der Waals surface area (Å²) in [6, 6.07) is 3.72. The van der Waals surface area contributed by atoms with Gasteiger partial charge in [-0.25, -0.2) is 4.79 Å². The number of amides is 1. The molecule has 0 atom stereocenters. The maximum Gasteiger partial charge on any atom is 0.434 e. The number of hydrogen-bond donors (Lipinski definition) is 0. The molecule has 3 aliphatic rings. The van der Waals surface area contributed by atoms with Crippen LogP contribution in [0.2, 0.25) is 0 Å². The van der Waals surface area contributed by atoms with Crippen molar-refractivity contribution in [3.63, 3.8) is 0 Å². The maximum atomic E-state index is 13.3. The smallest absolute Gasteiger partial charge is 0.426 e. The number of alkyl halides is 9. The minimum absolute atomic E-state index is 0.0472. The van der Waals surface area contributed by atoms with Gasteiger partial charge in [-0.2, -0.15) is 39.5 Å². The predicted octanol–water partition coefficient (Wildman–Crippen LogP) is 5.83. The molecule has 37 heavy (non-hydrogen) atoms. The monoisotopic (exact) mass is 547 g/mol. The van der Waals surface area contributed by atoms with Crippen molar-refractivity contribution in [2.75, 3.05) is 44.2 Å². The summed E-state index contributed by atoms with van der Waals surface area (Å²) < 4.78 is 120. The van der Waals surface area contributed by atoms with Gasteiger partial charge in [0.2, 0.25) is 0 Å². The molecule has 1 amide bonds. The van der Waals surface area contributed by atoms with E-state index in [2.05, 4.69) is 4.74 Å². The van der Waals surface area contributed by atoms with E-state index < -0.39 is 36.3 Å². The number of likely N-dealkylation sites (tertiary alicyclic amines) is 2. The number of piperidine rings is 1. The van der Waals surface area contributed by atoms with E-state index in [1.807, 2.05) is 9.80 Å². The Bertz CT molecular complexity index is 957. The van der Waals surface area contributed by atoms with Gasteiger partial charge in [0.05, 0.1) is 5.56 Å². The highest BCUT2D eigenvalue weighted by Crippen LogP contribution is 2.43. The summed E-state index contributed by atoms with van der Waals surface area (Å²) in [5, 5.41) is 0. The standard InChI is InChI=1S/C23H26F9N3O2/c24-21(25,26)16-4-3-15(17(11-16)34-7-1-2-8-34)12-33-13-20(14-33)5-9-35(10-6-20)19(36)37-18(22(27,28)29)23(30,31)32/h3-4,11,18H,1-2,5-10,12-14H2. The van der Waals surface area contributed by atoms with Gasteiger partial charge in [0, 0.05) is 51.5 Å². The Kier molecular flexibility index (Phi) is 7.27. The molecular weight excluding hydrogens is 521 g/mol. The molecule has 0 aromatic heterocycles. The lowest BCUT2D eigenvalue weighted by Crippen LogP contribution is -2.60. The fourth-order valence-corrected chi connectivity index (χ4v) is 5.36. The minimum atomic E-state index is -5.77. The minimum Gasteiger partial charge on any atom is -0.426 e. The number of carbonyl (C=O) groups is 1.